The second-order valence-corrected chi connectivity index (χ2v) is 4.67. The highest BCUT2D eigenvalue weighted by molar-refractivity contribution is 5.54. The summed E-state index contributed by atoms with van der Waals surface area (Å²) in [5.41, 5.74) is 4.91. The summed E-state index contributed by atoms with van der Waals surface area (Å²) in [6.45, 7) is 4.75. The number of benzene rings is 1. The minimum atomic E-state index is -4.38. The molecule has 19 heavy (non-hydrogen) atoms. The van der Waals surface area contributed by atoms with Gasteiger partial charge in [0.25, 0.3) is 0 Å². The van der Waals surface area contributed by atoms with Gasteiger partial charge in [-0.25, -0.2) is 0 Å². The Labute approximate surface area is 110 Å². The van der Waals surface area contributed by atoms with Gasteiger partial charge in [0.1, 0.15) is 11.9 Å². The number of ether oxygens (including phenoxy) is 1. The first-order chi connectivity index (χ1) is 8.90. The molecule has 3 nitrogen and oxygen atoms in total. The van der Waals surface area contributed by atoms with Crippen molar-refractivity contribution >= 4 is 5.69 Å². The highest BCUT2D eigenvalue weighted by Gasteiger charge is 2.31. The summed E-state index contributed by atoms with van der Waals surface area (Å²) in [5.74, 6) is 0.330. The Balaban J connectivity index is 2.06. The number of hydrogen-bond donors (Lipinski definition) is 1. The predicted molar refractivity (Wildman–Crippen MR) is 67.0 cm³/mol. The fourth-order valence-corrected chi connectivity index (χ4v) is 2.19. The topological polar surface area (TPSA) is 38.5 Å². The second-order valence-electron chi connectivity index (χ2n) is 4.67. The number of halogens is 3. The zero-order valence-electron chi connectivity index (χ0n) is 10.7. The van der Waals surface area contributed by atoms with Gasteiger partial charge in [0.15, 0.2) is 0 Å². The van der Waals surface area contributed by atoms with Gasteiger partial charge >= 0.3 is 6.18 Å². The highest BCUT2D eigenvalue weighted by Crippen LogP contribution is 2.34. The van der Waals surface area contributed by atoms with Crippen LogP contribution in [0.2, 0.25) is 0 Å². The van der Waals surface area contributed by atoms with Gasteiger partial charge in [0.05, 0.1) is 11.3 Å². The lowest BCUT2D eigenvalue weighted by molar-refractivity contribution is -0.137. The van der Waals surface area contributed by atoms with Crippen molar-refractivity contribution in [3.8, 4) is 5.75 Å². The molecule has 0 bridgehead atoms. The van der Waals surface area contributed by atoms with Gasteiger partial charge in [-0.2, -0.15) is 13.2 Å². The minimum absolute atomic E-state index is 0.000938. The molecule has 106 valence electrons. The van der Waals surface area contributed by atoms with Crippen molar-refractivity contribution in [3.05, 3.63) is 23.8 Å². The fourth-order valence-electron chi connectivity index (χ4n) is 2.19. The van der Waals surface area contributed by atoms with Gasteiger partial charge in [0, 0.05) is 13.1 Å². The molecule has 1 aromatic carbocycles. The molecule has 2 rings (SSSR count). The van der Waals surface area contributed by atoms with Gasteiger partial charge < -0.3 is 10.5 Å². The Morgan fingerprint density at radius 1 is 1.42 bits per heavy atom. The van der Waals surface area contributed by atoms with Crippen LogP contribution in [0.3, 0.4) is 0 Å². The number of likely N-dealkylation sites (N-methyl/N-ethyl adjacent to an activating group) is 1. The van der Waals surface area contributed by atoms with E-state index in [2.05, 4.69) is 11.8 Å². The van der Waals surface area contributed by atoms with E-state index in [1.54, 1.807) is 0 Å². The molecular formula is C13H17F3N2O. The average Bonchev–Trinajstić information content (AvgIpc) is 2.78. The molecule has 0 saturated carbocycles. The number of nitrogens with zero attached hydrogens (tertiary/aromatic N) is 1. The molecule has 1 fully saturated rings. The number of anilines is 1. The van der Waals surface area contributed by atoms with Crippen LogP contribution in [0, 0.1) is 0 Å². The Kier molecular flexibility index (Phi) is 3.89. The molecule has 0 radical (unpaired) electrons. The van der Waals surface area contributed by atoms with Gasteiger partial charge in [-0.1, -0.05) is 6.92 Å². The monoisotopic (exact) mass is 274 g/mol. The molecule has 0 spiro atoms. The van der Waals surface area contributed by atoms with Gasteiger partial charge in [-0.05, 0) is 31.2 Å². The largest absolute Gasteiger partial charge is 0.487 e. The van der Waals surface area contributed by atoms with Crippen molar-refractivity contribution in [2.75, 3.05) is 25.4 Å². The van der Waals surface area contributed by atoms with Crippen molar-refractivity contribution in [2.24, 2.45) is 0 Å². The normalized spacial score (nSPS) is 20.7. The molecule has 2 N–H and O–H groups in total. The van der Waals surface area contributed by atoms with Gasteiger partial charge in [0.2, 0.25) is 0 Å². The number of alkyl halides is 3. The third-order valence-corrected chi connectivity index (χ3v) is 3.31. The first-order valence-corrected chi connectivity index (χ1v) is 6.26. The maximum absolute atomic E-state index is 12.5. The molecule has 1 unspecified atom stereocenters. The minimum Gasteiger partial charge on any atom is -0.487 e. The summed E-state index contributed by atoms with van der Waals surface area (Å²) in [6.07, 6.45) is -3.51. The molecule has 1 aliphatic heterocycles. The molecule has 1 saturated heterocycles. The van der Waals surface area contributed by atoms with Crippen LogP contribution in [-0.2, 0) is 6.18 Å². The summed E-state index contributed by atoms with van der Waals surface area (Å²) in [4.78, 5) is 2.23. The van der Waals surface area contributed by atoms with Crippen LogP contribution in [0.4, 0.5) is 18.9 Å². The molecule has 0 amide bonds. The number of nitrogen functional groups attached to an aromatic ring is 1. The quantitative estimate of drug-likeness (QED) is 0.861. The molecule has 1 aliphatic rings. The summed E-state index contributed by atoms with van der Waals surface area (Å²) in [5, 5.41) is 0. The smallest absolute Gasteiger partial charge is 0.416 e. The molecule has 0 aliphatic carbocycles. The number of hydrogen-bond acceptors (Lipinski definition) is 3. The van der Waals surface area contributed by atoms with Crippen LogP contribution in [0.5, 0.6) is 5.75 Å². The zero-order valence-corrected chi connectivity index (χ0v) is 10.7. The zero-order chi connectivity index (χ0) is 14.0. The van der Waals surface area contributed by atoms with Crippen LogP contribution in [0.25, 0.3) is 0 Å². The van der Waals surface area contributed by atoms with Crippen LogP contribution < -0.4 is 10.5 Å². The van der Waals surface area contributed by atoms with Crippen LogP contribution in [-0.4, -0.2) is 30.6 Å². The second kappa shape index (κ2) is 5.28. The number of nitrogens with two attached hydrogens (primary N) is 1. The Hall–Kier alpha value is -1.43. The lowest BCUT2D eigenvalue weighted by Gasteiger charge is -2.17. The third-order valence-electron chi connectivity index (χ3n) is 3.31. The van der Waals surface area contributed by atoms with Gasteiger partial charge in [-0.3, -0.25) is 4.90 Å². The average molecular weight is 274 g/mol. The molecule has 0 aromatic heterocycles. The van der Waals surface area contributed by atoms with E-state index in [0.29, 0.717) is 5.75 Å². The highest BCUT2D eigenvalue weighted by atomic mass is 19.4. The van der Waals surface area contributed by atoms with E-state index < -0.39 is 11.7 Å². The van der Waals surface area contributed by atoms with Crippen LogP contribution >= 0.6 is 0 Å². The molecule has 6 heteroatoms. The Morgan fingerprint density at radius 3 is 2.68 bits per heavy atom. The number of likely N-dealkylation sites (tertiary alicyclic amines) is 1. The van der Waals surface area contributed by atoms with E-state index in [9.17, 15) is 13.2 Å². The maximum atomic E-state index is 12.5. The van der Waals surface area contributed by atoms with E-state index in [-0.39, 0.29) is 11.8 Å². The summed E-state index contributed by atoms with van der Waals surface area (Å²) in [6, 6.07) is 3.22. The van der Waals surface area contributed by atoms with Crippen molar-refractivity contribution in [1.82, 2.24) is 4.90 Å². The van der Waals surface area contributed by atoms with Crippen molar-refractivity contribution in [3.63, 3.8) is 0 Å². The van der Waals surface area contributed by atoms with Crippen molar-refractivity contribution < 1.29 is 17.9 Å². The van der Waals surface area contributed by atoms with Gasteiger partial charge in [-0.15, -0.1) is 0 Å². The fraction of sp³-hybridized carbons (Fsp3) is 0.538. The van der Waals surface area contributed by atoms with E-state index in [0.717, 1.165) is 38.2 Å². The molecule has 1 atom stereocenters. The first-order valence-electron chi connectivity index (χ1n) is 6.26. The number of rotatable bonds is 3. The lowest BCUT2D eigenvalue weighted by Crippen LogP contribution is -2.24. The summed E-state index contributed by atoms with van der Waals surface area (Å²) >= 11 is 0. The molecule has 1 aromatic rings. The Morgan fingerprint density at radius 2 is 2.16 bits per heavy atom. The molecule has 1 heterocycles. The van der Waals surface area contributed by atoms with Crippen LogP contribution in [0.1, 0.15) is 18.9 Å². The Bertz CT molecular complexity index is 448. The van der Waals surface area contributed by atoms with Crippen LogP contribution in [0.15, 0.2) is 18.2 Å². The van der Waals surface area contributed by atoms with Crippen molar-refractivity contribution in [1.29, 1.82) is 0 Å². The lowest BCUT2D eigenvalue weighted by atomic mass is 10.2. The SMILES string of the molecule is CCN1CCC(Oc2ccc(C(F)(F)F)cc2N)C1. The first kappa shape index (κ1) is 14.0. The third kappa shape index (κ3) is 3.32. The van der Waals surface area contributed by atoms with Crippen molar-refractivity contribution in [2.45, 2.75) is 25.6 Å². The predicted octanol–water partition coefficient (Wildman–Crippen LogP) is 2.76. The maximum Gasteiger partial charge on any atom is 0.416 e. The van der Waals surface area contributed by atoms with E-state index in [1.165, 1.54) is 6.07 Å². The van der Waals surface area contributed by atoms with E-state index >= 15 is 0 Å². The van der Waals surface area contributed by atoms with E-state index in [4.69, 9.17) is 10.5 Å². The standard InChI is InChI=1S/C13H17F3N2O/c1-2-18-6-5-10(8-18)19-12-4-3-9(7-11(12)17)13(14,15)16/h3-4,7,10H,2,5-6,8,17H2,1H3. The molecular weight excluding hydrogens is 257 g/mol. The van der Waals surface area contributed by atoms with E-state index in [1.807, 2.05) is 0 Å². The summed E-state index contributed by atoms with van der Waals surface area (Å²) < 4.78 is 43.2. The summed E-state index contributed by atoms with van der Waals surface area (Å²) in [7, 11) is 0.